The topological polar surface area (TPSA) is 71.0 Å². The number of thioether (sulfide) groups is 1. The smallest absolute Gasteiger partial charge is 0.242 e. The number of halogens is 3. The number of methoxy groups -OCH3 is 1. The Bertz CT molecular complexity index is 1380. The van der Waals surface area contributed by atoms with Crippen molar-refractivity contribution in [2.45, 2.75) is 32.1 Å². The van der Waals surface area contributed by atoms with Gasteiger partial charge in [0.15, 0.2) is 5.17 Å². The Labute approximate surface area is 234 Å². The highest BCUT2D eigenvalue weighted by Gasteiger charge is 2.39. The number of anilines is 1. The fourth-order valence-corrected chi connectivity index (χ4v) is 5.69. The molecular formula is C27H24Cl3N3O3S. The van der Waals surface area contributed by atoms with E-state index in [-0.39, 0.29) is 33.3 Å². The van der Waals surface area contributed by atoms with E-state index in [1.807, 2.05) is 50.2 Å². The second kappa shape index (κ2) is 11.8. The first-order valence-electron chi connectivity index (χ1n) is 11.4. The van der Waals surface area contributed by atoms with Gasteiger partial charge < -0.3 is 10.1 Å². The van der Waals surface area contributed by atoms with Gasteiger partial charge in [0.2, 0.25) is 11.8 Å². The summed E-state index contributed by atoms with van der Waals surface area (Å²) >= 11 is 19.5. The van der Waals surface area contributed by atoms with Crippen molar-refractivity contribution in [3.8, 4) is 5.75 Å². The zero-order valence-corrected chi connectivity index (χ0v) is 23.4. The lowest BCUT2D eigenvalue weighted by Crippen LogP contribution is -2.33. The maximum atomic E-state index is 13.5. The van der Waals surface area contributed by atoms with E-state index >= 15 is 0 Å². The summed E-state index contributed by atoms with van der Waals surface area (Å²) in [4.78, 5) is 32.8. The van der Waals surface area contributed by atoms with Crippen LogP contribution < -0.4 is 10.1 Å². The summed E-state index contributed by atoms with van der Waals surface area (Å²) in [6.07, 6.45) is -0.0689. The lowest BCUT2D eigenvalue weighted by Gasteiger charge is -2.17. The minimum Gasteiger partial charge on any atom is -0.497 e. The number of carbonyl (C=O) groups is 2. The average molecular weight is 577 g/mol. The molecule has 1 heterocycles. The van der Waals surface area contributed by atoms with E-state index in [4.69, 9.17) is 44.5 Å². The molecule has 1 atom stereocenters. The molecule has 2 amide bonds. The molecule has 1 unspecified atom stereocenters. The van der Waals surface area contributed by atoms with Crippen molar-refractivity contribution < 1.29 is 14.3 Å². The molecule has 37 heavy (non-hydrogen) atoms. The molecule has 0 aliphatic carbocycles. The quantitative estimate of drug-likeness (QED) is 0.297. The second-order valence-electron chi connectivity index (χ2n) is 8.62. The second-order valence-corrected chi connectivity index (χ2v) is 11.0. The highest BCUT2D eigenvalue weighted by atomic mass is 35.5. The van der Waals surface area contributed by atoms with Gasteiger partial charge in [0, 0.05) is 6.42 Å². The number of aliphatic imine (C=N–C) groups is 1. The number of amides is 2. The first-order chi connectivity index (χ1) is 17.6. The van der Waals surface area contributed by atoms with Gasteiger partial charge >= 0.3 is 0 Å². The SMILES string of the molecule is COc1cccc(CN2C(=O)C(CC(=O)Nc3cc(Cl)c(Cl)cc3Cl)SC2=Nc2cc(C)cc(C)c2)c1. The third-order valence-corrected chi connectivity index (χ3v) is 7.79. The van der Waals surface area contributed by atoms with Gasteiger partial charge in [-0.2, -0.15) is 0 Å². The van der Waals surface area contributed by atoms with E-state index in [1.165, 1.54) is 23.9 Å². The molecule has 0 saturated carbocycles. The van der Waals surface area contributed by atoms with Crippen LogP contribution in [0.4, 0.5) is 11.4 Å². The lowest BCUT2D eigenvalue weighted by molar-refractivity contribution is -0.128. The zero-order valence-electron chi connectivity index (χ0n) is 20.3. The largest absolute Gasteiger partial charge is 0.497 e. The maximum absolute atomic E-state index is 13.5. The van der Waals surface area contributed by atoms with E-state index in [0.29, 0.717) is 23.1 Å². The Morgan fingerprint density at radius 3 is 2.43 bits per heavy atom. The molecule has 1 N–H and O–H groups in total. The molecule has 6 nitrogen and oxygen atoms in total. The van der Waals surface area contributed by atoms with Crippen LogP contribution in [0.5, 0.6) is 5.75 Å². The van der Waals surface area contributed by atoms with Gasteiger partial charge in [0.25, 0.3) is 0 Å². The molecule has 192 valence electrons. The number of nitrogens with one attached hydrogen (secondary N) is 1. The van der Waals surface area contributed by atoms with Crippen LogP contribution in [0.1, 0.15) is 23.1 Å². The molecule has 0 spiro atoms. The number of amidine groups is 1. The van der Waals surface area contributed by atoms with Crippen molar-refractivity contribution in [2.24, 2.45) is 4.99 Å². The van der Waals surface area contributed by atoms with Crippen molar-refractivity contribution in [3.05, 3.63) is 86.4 Å². The summed E-state index contributed by atoms with van der Waals surface area (Å²) in [5.74, 6) is 0.116. The molecule has 0 aromatic heterocycles. The predicted molar refractivity (Wildman–Crippen MR) is 153 cm³/mol. The highest BCUT2D eigenvalue weighted by Crippen LogP contribution is 2.35. The Morgan fingerprint density at radius 1 is 1.03 bits per heavy atom. The van der Waals surface area contributed by atoms with E-state index in [2.05, 4.69) is 11.4 Å². The number of carbonyl (C=O) groups excluding carboxylic acids is 2. The van der Waals surface area contributed by atoms with E-state index in [1.54, 1.807) is 12.0 Å². The van der Waals surface area contributed by atoms with Crippen molar-refractivity contribution >= 4 is 74.9 Å². The number of ether oxygens (including phenoxy) is 1. The van der Waals surface area contributed by atoms with Gasteiger partial charge in [0.05, 0.1) is 40.1 Å². The van der Waals surface area contributed by atoms with Crippen molar-refractivity contribution in [2.75, 3.05) is 12.4 Å². The molecule has 10 heteroatoms. The summed E-state index contributed by atoms with van der Waals surface area (Å²) in [7, 11) is 1.59. The Balaban J connectivity index is 1.59. The van der Waals surface area contributed by atoms with Crippen LogP contribution in [0.3, 0.4) is 0 Å². The van der Waals surface area contributed by atoms with Gasteiger partial charge in [-0.3, -0.25) is 14.5 Å². The van der Waals surface area contributed by atoms with Crippen LogP contribution in [-0.2, 0) is 16.1 Å². The number of benzene rings is 3. The molecule has 1 aliphatic rings. The first kappa shape index (κ1) is 27.3. The summed E-state index contributed by atoms with van der Waals surface area (Å²) in [6.45, 7) is 4.29. The van der Waals surface area contributed by atoms with Gasteiger partial charge in [-0.15, -0.1) is 0 Å². The molecule has 1 aliphatic heterocycles. The maximum Gasteiger partial charge on any atom is 0.242 e. The standard InChI is InChI=1S/C27H24Cl3N3O3S/c1-15-7-16(2)9-18(8-15)31-27-33(14-17-5-4-6-19(10-17)36-3)26(35)24(37-27)13-25(34)32-23-12-21(29)20(28)11-22(23)30/h4-12,24H,13-14H2,1-3H3,(H,32,34). The monoisotopic (exact) mass is 575 g/mol. The number of rotatable bonds is 7. The minimum atomic E-state index is -0.656. The van der Waals surface area contributed by atoms with Crippen LogP contribution in [0, 0.1) is 13.8 Å². The first-order valence-corrected chi connectivity index (χ1v) is 13.4. The molecular weight excluding hydrogens is 553 g/mol. The number of hydrogen-bond donors (Lipinski definition) is 1. The Hall–Kier alpha value is -2.71. The van der Waals surface area contributed by atoms with E-state index in [0.717, 1.165) is 22.4 Å². The van der Waals surface area contributed by atoms with Gasteiger partial charge in [0.1, 0.15) is 11.0 Å². The zero-order chi connectivity index (χ0) is 26.7. The third-order valence-electron chi connectivity index (χ3n) is 5.58. The molecule has 1 saturated heterocycles. The highest BCUT2D eigenvalue weighted by molar-refractivity contribution is 8.15. The van der Waals surface area contributed by atoms with Crippen molar-refractivity contribution in [3.63, 3.8) is 0 Å². The molecule has 3 aromatic carbocycles. The minimum absolute atomic E-state index is 0.0689. The number of hydrogen-bond acceptors (Lipinski definition) is 5. The Kier molecular flexibility index (Phi) is 8.70. The van der Waals surface area contributed by atoms with Crippen LogP contribution in [0.15, 0.2) is 59.6 Å². The van der Waals surface area contributed by atoms with Gasteiger partial charge in [-0.25, -0.2) is 4.99 Å². The average Bonchev–Trinajstić information content (AvgIpc) is 3.10. The van der Waals surface area contributed by atoms with Crippen LogP contribution >= 0.6 is 46.6 Å². The summed E-state index contributed by atoms with van der Waals surface area (Å²) in [5, 5.41) is 3.41. The summed E-state index contributed by atoms with van der Waals surface area (Å²) in [6, 6.07) is 16.4. The summed E-state index contributed by atoms with van der Waals surface area (Å²) < 4.78 is 5.33. The normalized spacial score (nSPS) is 16.4. The third kappa shape index (κ3) is 6.79. The van der Waals surface area contributed by atoms with E-state index in [9.17, 15) is 9.59 Å². The molecule has 0 radical (unpaired) electrons. The number of aryl methyl sites for hydroxylation is 2. The van der Waals surface area contributed by atoms with Gasteiger partial charge in [-0.1, -0.05) is 64.8 Å². The molecule has 1 fully saturated rings. The molecule has 4 rings (SSSR count). The number of nitrogens with zero attached hydrogens (tertiary/aromatic N) is 2. The van der Waals surface area contributed by atoms with Gasteiger partial charge in [-0.05, 0) is 66.9 Å². The lowest BCUT2D eigenvalue weighted by atomic mass is 10.1. The fraction of sp³-hybridized carbons (Fsp3) is 0.222. The van der Waals surface area contributed by atoms with E-state index < -0.39 is 5.25 Å². The Morgan fingerprint density at radius 2 is 1.73 bits per heavy atom. The van der Waals surface area contributed by atoms with Crippen LogP contribution in [0.25, 0.3) is 0 Å². The molecule has 0 bridgehead atoms. The van der Waals surface area contributed by atoms with Crippen molar-refractivity contribution in [1.29, 1.82) is 0 Å². The van der Waals surface area contributed by atoms with Crippen LogP contribution in [0.2, 0.25) is 15.1 Å². The van der Waals surface area contributed by atoms with Crippen LogP contribution in [-0.4, -0.2) is 34.2 Å². The summed E-state index contributed by atoms with van der Waals surface area (Å²) in [5.41, 5.74) is 4.10. The van der Waals surface area contributed by atoms with Crippen molar-refractivity contribution in [1.82, 2.24) is 4.90 Å². The fourth-order valence-electron chi connectivity index (χ4n) is 3.94. The predicted octanol–water partition coefficient (Wildman–Crippen LogP) is 7.43. The molecule has 3 aromatic rings.